The van der Waals surface area contributed by atoms with E-state index in [9.17, 15) is 4.79 Å². The predicted octanol–water partition coefficient (Wildman–Crippen LogP) is 1.31. The van der Waals surface area contributed by atoms with Gasteiger partial charge in [-0.15, -0.1) is 0 Å². The molecule has 2 nitrogen and oxygen atoms in total. The van der Waals surface area contributed by atoms with E-state index < -0.39 is 0 Å². The summed E-state index contributed by atoms with van der Waals surface area (Å²) in [5, 5.41) is 0. The van der Waals surface area contributed by atoms with Crippen LogP contribution in [0.2, 0.25) is 0 Å². The molecule has 0 aliphatic heterocycles. The van der Waals surface area contributed by atoms with Crippen LogP contribution in [0.15, 0.2) is 10.9 Å². The van der Waals surface area contributed by atoms with Crippen molar-refractivity contribution in [2.24, 2.45) is 7.05 Å². The van der Waals surface area contributed by atoms with E-state index in [1.807, 2.05) is 26.8 Å². The maximum atomic E-state index is 11.3. The van der Waals surface area contributed by atoms with Gasteiger partial charge in [0.15, 0.2) is 0 Å². The molecule has 0 unspecified atom stereocenters. The topological polar surface area (TPSA) is 22.0 Å². The molecule has 2 heteroatoms. The summed E-state index contributed by atoms with van der Waals surface area (Å²) in [7, 11) is 1.80. The average Bonchev–Trinajstić information content (AvgIpc) is 1.97. The van der Waals surface area contributed by atoms with E-state index in [0.29, 0.717) is 0 Å². The highest BCUT2D eigenvalue weighted by molar-refractivity contribution is 5.23. The quantitative estimate of drug-likeness (QED) is 0.548. The van der Waals surface area contributed by atoms with Gasteiger partial charge in [0.25, 0.3) is 5.56 Å². The third-order valence-electron chi connectivity index (χ3n) is 2.15. The number of aryl methyl sites for hydroxylation is 2. The van der Waals surface area contributed by atoms with E-state index in [1.165, 1.54) is 5.56 Å². The highest BCUT2D eigenvalue weighted by Gasteiger charge is 2.01. The van der Waals surface area contributed by atoms with E-state index in [1.54, 1.807) is 11.6 Å². The molecular formula is C9H13NO. The molecule has 0 bridgehead atoms. The van der Waals surface area contributed by atoms with Crippen LogP contribution in [0.1, 0.15) is 16.8 Å². The van der Waals surface area contributed by atoms with Gasteiger partial charge in [-0.2, -0.15) is 0 Å². The van der Waals surface area contributed by atoms with Gasteiger partial charge >= 0.3 is 0 Å². The van der Waals surface area contributed by atoms with E-state index in [0.717, 1.165) is 11.3 Å². The van der Waals surface area contributed by atoms with Crippen LogP contribution in [-0.4, -0.2) is 4.57 Å². The van der Waals surface area contributed by atoms with Gasteiger partial charge < -0.3 is 4.57 Å². The van der Waals surface area contributed by atoms with E-state index in [-0.39, 0.29) is 5.56 Å². The second kappa shape index (κ2) is 2.53. The van der Waals surface area contributed by atoms with Gasteiger partial charge in [0.05, 0.1) is 0 Å². The minimum atomic E-state index is 0.105. The van der Waals surface area contributed by atoms with Gasteiger partial charge in [0.2, 0.25) is 0 Å². The van der Waals surface area contributed by atoms with Crippen molar-refractivity contribution in [1.29, 1.82) is 0 Å². The van der Waals surface area contributed by atoms with Gasteiger partial charge in [-0.3, -0.25) is 4.79 Å². The second-order valence-corrected chi connectivity index (χ2v) is 2.96. The molecule has 0 radical (unpaired) electrons. The van der Waals surface area contributed by atoms with Crippen LogP contribution in [0.3, 0.4) is 0 Å². The van der Waals surface area contributed by atoms with Crippen molar-refractivity contribution in [3.8, 4) is 0 Å². The van der Waals surface area contributed by atoms with Crippen LogP contribution in [-0.2, 0) is 7.05 Å². The summed E-state index contributed by atoms with van der Waals surface area (Å²) in [5.41, 5.74) is 3.13. The standard InChI is InChI=1S/C9H13NO/c1-6-5-7(2)9(11)10(4)8(6)3/h5H,1-4H3. The molecule has 0 atom stereocenters. The van der Waals surface area contributed by atoms with Gasteiger partial charge in [-0.25, -0.2) is 0 Å². The normalized spacial score (nSPS) is 10.2. The molecule has 60 valence electrons. The Morgan fingerprint density at radius 2 is 1.73 bits per heavy atom. The Balaban J connectivity index is 3.59. The van der Waals surface area contributed by atoms with Crippen LogP contribution in [0.25, 0.3) is 0 Å². The van der Waals surface area contributed by atoms with E-state index in [2.05, 4.69) is 0 Å². The summed E-state index contributed by atoms with van der Waals surface area (Å²) < 4.78 is 1.69. The number of aromatic nitrogens is 1. The highest BCUT2D eigenvalue weighted by atomic mass is 16.1. The third kappa shape index (κ3) is 1.20. The number of nitrogens with zero attached hydrogens (tertiary/aromatic N) is 1. The molecule has 0 aliphatic carbocycles. The molecule has 0 saturated carbocycles. The summed E-state index contributed by atoms with van der Waals surface area (Å²) >= 11 is 0. The summed E-state index contributed by atoms with van der Waals surface area (Å²) in [5.74, 6) is 0. The maximum Gasteiger partial charge on any atom is 0.253 e. The van der Waals surface area contributed by atoms with Crippen LogP contribution in [0.5, 0.6) is 0 Å². The fourth-order valence-corrected chi connectivity index (χ4v) is 1.17. The number of hydrogen-bond acceptors (Lipinski definition) is 1. The monoisotopic (exact) mass is 151 g/mol. The van der Waals surface area contributed by atoms with Gasteiger partial charge in [-0.1, -0.05) is 0 Å². The minimum Gasteiger partial charge on any atom is -0.316 e. The summed E-state index contributed by atoms with van der Waals surface area (Å²) in [4.78, 5) is 11.3. The lowest BCUT2D eigenvalue weighted by atomic mass is 10.2. The van der Waals surface area contributed by atoms with Crippen molar-refractivity contribution >= 4 is 0 Å². The SMILES string of the molecule is Cc1cc(C)c(=O)n(C)c1C. The minimum absolute atomic E-state index is 0.105. The number of rotatable bonds is 0. The first-order chi connectivity index (χ1) is 5.04. The first-order valence-electron chi connectivity index (χ1n) is 3.68. The molecule has 0 spiro atoms. The molecule has 0 amide bonds. The fourth-order valence-electron chi connectivity index (χ4n) is 1.17. The van der Waals surface area contributed by atoms with E-state index >= 15 is 0 Å². The Morgan fingerprint density at radius 1 is 1.18 bits per heavy atom. The van der Waals surface area contributed by atoms with E-state index in [4.69, 9.17) is 0 Å². The lowest BCUT2D eigenvalue weighted by molar-refractivity contribution is 0.798. The maximum absolute atomic E-state index is 11.3. The Labute approximate surface area is 66.5 Å². The van der Waals surface area contributed by atoms with Crippen molar-refractivity contribution in [3.63, 3.8) is 0 Å². The molecule has 1 rings (SSSR count). The van der Waals surface area contributed by atoms with Crippen molar-refractivity contribution in [1.82, 2.24) is 4.57 Å². The zero-order chi connectivity index (χ0) is 8.59. The number of pyridine rings is 1. The Bertz CT molecular complexity index is 336. The Kier molecular flexibility index (Phi) is 1.85. The molecule has 0 N–H and O–H groups in total. The predicted molar refractivity (Wildman–Crippen MR) is 45.9 cm³/mol. The summed E-state index contributed by atoms with van der Waals surface area (Å²) in [6.45, 7) is 5.81. The molecule has 0 saturated heterocycles. The van der Waals surface area contributed by atoms with Gasteiger partial charge in [0, 0.05) is 18.3 Å². The zero-order valence-corrected chi connectivity index (χ0v) is 7.43. The van der Waals surface area contributed by atoms with Crippen LogP contribution in [0, 0.1) is 20.8 Å². The lowest BCUT2D eigenvalue weighted by Gasteiger charge is -2.07. The molecule has 1 aromatic heterocycles. The zero-order valence-electron chi connectivity index (χ0n) is 7.43. The van der Waals surface area contributed by atoms with Crippen LogP contribution < -0.4 is 5.56 Å². The second-order valence-electron chi connectivity index (χ2n) is 2.96. The molecule has 1 heterocycles. The molecule has 1 aromatic rings. The molecular weight excluding hydrogens is 138 g/mol. The van der Waals surface area contributed by atoms with Crippen LogP contribution in [0.4, 0.5) is 0 Å². The van der Waals surface area contributed by atoms with Gasteiger partial charge in [0.1, 0.15) is 0 Å². The van der Waals surface area contributed by atoms with Crippen LogP contribution >= 0.6 is 0 Å². The lowest BCUT2D eigenvalue weighted by Crippen LogP contribution is -2.21. The summed E-state index contributed by atoms with van der Waals surface area (Å²) in [6, 6.07) is 1.93. The van der Waals surface area contributed by atoms with Crippen molar-refractivity contribution in [2.75, 3.05) is 0 Å². The Morgan fingerprint density at radius 3 is 2.27 bits per heavy atom. The van der Waals surface area contributed by atoms with Gasteiger partial charge in [-0.05, 0) is 32.4 Å². The Hall–Kier alpha value is -1.05. The number of hydrogen-bond donors (Lipinski definition) is 0. The first kappa shape index (κ1) is 8.05. The highest BCUT2D eigenvalue weighted by Crippen LogP contribution is 2.03. The average molecular weight is 151 g/mol. The summed E-state index contributed by atoms with van der Waals surface area (Å²) in [6.07, 6.45) is 0. The molecule has 0 fully saturated rings. The molecule has 0 aromatic carbocycles. The van der Waals surface area contributed by atoms with Crippen molar-refractivity contribution in [2.45, 2.75) is 20.8 Å². The third-order valence-corrected chi connectivity index (χ3v) is 2.15. The van der Waals surface area contributed by atoms with Crippen molar-refractivity contribution in [3.05, 3.63) is 33.2 Å². The van der Waals surface area contributed by atoms with Crippen molar-refractivity contribution < 1.29 is 0 Å². The largest absolute Gasteiger partial charge is 0.316 e. The fraction of sp³-hybridized carbons (Fsp3) is 0.444. The molecule has 11 heavy (non-hydrogen) atoms. The molecule has 0 aliphatic rings. The smallest absolute Gasteiger partial charge is 0.253 e. The first-order valence-corrected chi connectivity index (χ1v) is 3.68.